The van der Waals surface area contributed by atoms with Crippen molar-refractivity contribution in [3.63, 3.8) is 0 Å². The third-order valence-electron chi connectivity index (χ3n) is 3.76. The minimum Gasteiger partial charge on any atom is -0.350 e. The highest BCUT2D eigenvalue weighted by atomic mass is 32.1. The standard InChI is InChI=1S/C19H14N4OS/c24-19(23-21-12-13-5-3-9-20-11-13)18-17(16-8-4-10-25-16)14-6-1-2-7-15(14)22-18/h1-12,22H,(H,23,24). The molecule has 1 aromatic carbocycles. The summed E-state index contributed by atoms with van der Waals surface area (Å²) in [6, 6.07) is 15.5. The van der Waals surface area contributed by atoms with E-state index in [9.17, 15) is 4.79 Å². The maximum Gasteiger partial charge on any atom is 0.288 e. The minimum absolute atomic E-state index is 0.278. The number of rotatable bonds is 4. The van der Waals surface area contributed by atoms with Crippen molar-refractivity contribution in [2.45, 2.75) is 0 Å². The van der Waals surface area contributed by atoms with Crippen LogP contribution >= 0.6 is 11.3 Å². The molecule has 2 N–H and O–H groups in total. The second-order valence-electron chi connectivity index (χ2n) is 5.38. The van der Waals surface area contributed by atoms with Gasteiger partial charge in [0.15, 0.2) is 0 Å². The number of amides is 1. The van der Waals surface area contributed by atoms with Crippen molar-refractivity contribution >= 4 is 34.4 Å². The van der Waals surface area contributed by atoms with E-state index in [0.29, 0.717) is 5.69 Å². The van der Waals surface area contributed by atoms with E-state index in [1.54, 1.807) is 29.9 Å². The van der Waals surface area contributed by atoms with Crippen molar-refractivity contribution in [2.24, 2.45) is 5.10 Å². The van der Waals surface area contributed by atoms with Crippen LogP contribution in [0.4, 0.5) is 0 Å². The van der Waals surface area contributed by atoms with Crippen LogP contribution in [0, 0.1) is 0 Å². The number of hydrogen-bond acceptors (Lipinski definition) is 4. The number of aromatic amines is 1. The lowest BCUT2D eigenvalue weighted by Gasteiger charge is -2.01. The molecule has 0 bridgehead atoms. The summed E-state index contributed by atoms with van der Waals surface area (Å²) in [5.41, 5.74) is 5.74. The first-order valence-electron chi connectivity index (χ1n) is 7.71. The van der Waals surface area contributed by atoms with Gasteiger partial charge in [0.1, 0.15) is 5.69 Å². The second kappa shape index (κ2) is 6.70. The topological polar surface area (TPSA) is 70.1 Å². The van der Waals surface area contributed by atoms with E-state index in [0.717, 1.165) is 26.9 Å². The molecular weight excluding hydrogens is 332 g/mol. The average Bonchev–Trinajstić information content (AvgIpc) is 3.29. The van der Waals surface area contributed by atoms with Gasteiger partial charge in [0, 0.05) is 39.3 Å². The van der Waals surface area contributed by atoms with Crippen LogP contribution in [0.2, 0.25) is 0 Å². The van der Waals surface area contributed by atoms with Crippen molar-refractivity contribution in [1.82, 2.24) is 15.4 Å². The number of nitrogens with one attached hydrogen (secondary N) is 2. The van der Waals surface area contributed by atoms with Crippen LogP contribution in [-0.2, 0) is 0 Å². The quantitative estimate of drug-likeness (QED) is 0.432. The molecule has 4 aromatic rings. The van der Waals surface area contributed by atoms with E-state index < -0.39 is 0 Å². The molecule has 25 heavy (non-hydrogen) atoms. The van der Waals surface area contributed by atoms with Gasteiger partial charge in [-0.05, 0) is 23.6 Å². The monoisotopic (exact) mass is 346 g/mol. The number of nitrogens with zero attached hydrogens (tertiary/aromatic N) is 2. The van der Waals surface area contributed by atoms with Crippen LogP contribution in [0.1, 0.15) is 16.1 Å². The van der Waals surface area contributed by atoms with Gasteiger partial charge in [-0.3, -0.25) is 9.78 Å². The Hall–Kier alpha value is -3.25. The summed E-state index contributed by atoms with van der Waals surface area (Å²) >= 11 is 1.60. The van der Waals surface area contributed by atoms with Crippen molar-refractivity contribution < 1.29 is 4.79 Å². The van der Waals surface area contributed by atoms with E-state index in [2.05, 4.69) is 20.5 Å². The Morgan fingerprint density at radius 1 is 1.16 bits per heavy atom. The fourth-order valence-electron chi connectivity index (χ4n) is 2.66. The predicted octanol–water partition coefficient (Wildman–Crippen LogP) is 4.06. The van der Waals surface area contributed by atoms with Crippen molar-refractivity contribution in [2.75, 3.05) is 0 Å². The number of carbonyl (C=O) groups excluding carboxylic acids is 1. The summed E-state index contributed by atoms with van der Waals surface area (Å²) in [5, 5.41) is 7.05. The first kappa shape index (κ1) is 15.3. The molecule has 0 fully saturated rings. The molecule has 0 saturated heterocycles. The van der Waals surface area contributed by atoms with Crippen LogP contribution in [0.5, 0.6) is 0 Å². The second-order valence-corrected chi connectivity index (χ2v) is 6.33. The first-order valence-corrected chi connectivity index (χ1v) is 8.59. The zero-order chi connectivity index (χ0) is 17.1. The van der Waals surface area contributed by atoms with Crippen LogP contribution in [0.3, 0.4) is 0 Å². The third kappa shape index (κ3) is 3.07. The number of carbonyl (C=O) groups is 1. The van der Waals surface area contributed by atoms with Gasteiger partial charge in [-0.15, -0.1) is 11.3 Å². The van der Waals surface area contributed by atoms with Crippen LogP contribution < -0.4 is 5.43 Å². The van der Waals surface area contributed by atoms with Gasteiger partial charge in [0.2, 0.25) is 0 Å². The van der Waals surface area contributed by atoms with E-state index >= 15 is 0 Å². The number of benzene rings is 1. The lowest BCUT2D eigenvalue weighted by Crippen LogP contribution is -2.18. The molecule has 122 valence electrons. The number of para-hydroxylation sites is 1. The molecule has 0 atom stereocenters. The Kier molecular flexibility index (Phi) is 4.10. The van der Waals surface area contributed by atoms with Gasteiger partial charge >= 0.3 is 0 Å². The number of thiophene rings is 1. The molecule has 0 unspecified atom stereocenters. The van der Waals surface area contributed by atoms with Crippen molar-refractivity contribution in [3.05, 3.63) is 77.6 Å². The van der Waals surface area contributed by atoms with Gasteiger partial charge < -0.3 is 4.98 Å². The fraction of sp³-hybridized carbons (Fsp3) is 0. The highest BCUT2D eigenvalue weighted by Crippen LogP contribution is 2.35. The summed E-state index contributed by atoms with van der Waals surface area (Å²) in [5.74, 6) is -0.278. The van der Waals surface area contributed by atoms with Gasteiger partial charge in [0.25, 0.3) is 5.91 Å². The predicted molar refractivity (Wildman–Crippen MR) is 101 cm³/mol. The molecule has 0 aliphatic carbocycles. The number of aromatic nitrogens is 2. The normalized spacial score (nSPS) is 11.2. The van der Waals surface area contributed by atoms with E-state index in [4.69, 9.17) is 0 Å². The number of hydrazone groups is 1. The van der Waals surface area contributed by atoms with E-state index in [1.165, 1.54) is 0 Å². The Bertz CT molecular complexity index is 1040. The largest absolute Gasteiger partial charge is 0.350 e. The lowest BCUT2D eigenvalue weighted by atomic mass is 10.1. The van der Waals surface area contributed by atoms with Crippen LogP contribution in [0.25, 0.3) is 21.3 Å². The summed E-state index contributed by atoms with van der Waals surface area (Å²) in [7, 11) is 0. The maximum atomic E-state index is 12.7. The molecule has 1 amide bonds. The average molecular weight is 346 g/mol. The SMILES string of the molecule is O=C(NN=Cc1cccnc1)c1[nH]c2ccccc2c1-c1cccs1. The number of hydrogen-bond donors (Lipinski definition) is 2. The Labute approximate surface area is 148 Å². The Morgan fingerprint density at radius 2 is 2.08 bits per heavy atom. The molecule has 0 saturated carbocycles. The number of fused-ring (bicyclic) bond motifs is 1. The number of pyridine rings is 1. The Balaban J connectivity index is 1.68. The highest BCUT2D eigenvalue weighted by Gasteiger charge is 2.19. The molecule has 4 rings (SSSR count). The first-order chi connectivity index (χ1) is 12.3. The van der Waals surface area contributed by atoms with E-state index in [-0.39, 0.29) is 5.91 Å². The molecule has 0 radical (unpaired) electrons. The molecule has 3 heterocycles. The van der Waals surface area contributed by atoms with Gasteiger partial charge in [-0.25, -0.2) is 5.43 Å². The van der Waals surface area contributed by atoms with E-state index in [1.807, 2.05) is 53.9 Å². The molecule has 0 spiro atoms. The zero-order valence-corrected chi connectivity index (χ0v) is 14.0. The van der Waals surface area contributed by atoms with Crippen LogP contribution in [-0.4, -0.2) is 22.1 Å². The van der Waals surface area contributed by atoms with Gasteiger partial charge in [-0.1, -0.05) is 30.3 Å². The Morgan fingerprint density at radius 3 is 2.88 bits per heavy atom. The number of H-pyrrole nitrogens is 1. The van der Waals surface area contributed by atoms with Crippen LogP contribution in [0.15, 0.2) is 71.4 Å². The third-order valence-corrected chi connectivity index (χ3v) is 4.65. The van der Waals surface area contributed by atoms with Crippen molar-refractivity contribution in [3.8, 4) is 10.4 Å². The summed E-state index contributed by atoms with van der Waals surface area (Å²) in [6.07, 6.45) is 4.93. The highest BCUT2D eigenvalue weighted by molar-refractivity contribution is 7.13. The van der Waals surface area contributed by atoms with Gasteiger partial charge in [0.05, 0.1) is 6.21 Å². The molecular formula is C19H14N4OS. The summed E-state index contributed by atoms with van der Waals surface area (Å²) < 4.78 is 0. The zero-order valence-electron chi connectivity index (χ0n) is 13.1. The minimum atomic E-state index is -0.278. The maximum absolute atomic E-state index is 12.7. The molecule has 6 heteroatoms. The lowest BCUT2D eigenvalue weighted by molar-refractivity contribution is 0.0951. The summed E-state index contributed by atoms with van der Waals surface area (Å²) in [4.78, 5) is 20.9. The molecule has 0 aliphatic rings. The molecule has 3 aromatic heterocycles. The van der Waals surface area contributed by atoms with Gasteiger partial charge in [-0.2, -0.15) is 5.10 Å². The summed E-state index contributed by atoms with van der Waals surface area (Å²) in [6.45, 7) is 0. The smallest absolute Gasteiger partial charge is 0.288 e. The van der Waals surface area contributed by atoms with Crippen molar-refractivity contribution in [1.29, 1.82) is 0 Å². The molecule has 5 nitrogen and oxygen atoms in total. The molecule has 0 aliphatic heterocycles. The fourth-order valence-corrected chi connectivity index (χ4v) is 3.45.